The predicted molar refractivity (Wildman–Crippen MR) is 177 cm³/mol. The van der Waals surface area contributed by atoms with Gasteiger partial charge in [0, 0.05) is 12.6 Å². The Morgan fingerprint density at radius 2 is 1.92 bits per heavy atom. The van der Waals surface area contributed by atoms with Crippen molar-refractivity contribution in [1.82, 2.24) is 9.55 Å². The number of carbonyl (C=O) groups is 1. The van der Waals surface area contributed by atoms with Gasteiger partial charge < -0.3 is 19.7 Å². The van der Waals surface area contributed by atoms with E-state index >= 15 is 0 Å². The predicted octanol–water partition coefficient (Wildman–Crippen LogP) is 7.09. The van der Waals surface area contributed by atoms with Gasteiger partial charge in [-0.15, -0.1) is 0 Å². The second kappa shape index (κ2) is 13.4. The van der Waals surface area contributed by atoms with E-state index in [1.54, 1.807) is 0 Å². The smallest absolute Gasteiger partial charge is 0.413 e. The fourth-order valence-electron chi connectivity index (χ4n) is 10.8. The molecule has 1 amide bonds. The minimum atomic E-state index is -3.82. The van der Waals surface area contributed by atoms with Crippen molar-refractivity contribution in [2.24, 2.45) is 46.3 Å². The van der Waals surface area contributed by atoms with Crippen LogP contribution in [-0.2, 0) is 9.47 Å². The van der Waals surface area contributed by atoms with Gasteiger partial charge in [0.1, 0.15) is 18.0 Å². The molecule has 3 saturated carbocycles. The summed E-state index contributed by atoms with van der Waals surface area (Å²) in [6, 6.07) is 1.19. The molecule has 9 nitrogen and oxygen atoms in total. The fraction of sp³-hybridized carbons (Fsp3) is 0.811. The van der Waals surface area contributed by atoms with E-state index in [1.807, 2.05) is 0 Å². The number of nitrogens with one attached hydrogen (secondary N) is 1. The number of halogens is 2. The van der Waals surface area contributed by atoms with Gasteiger partial charge in [-0.1, -0.05) is 65.5 Å². The highest BCUT2D eigenvalue weighted by Gasteiger charge is 2.60. The molecular weight excluding hydrogens is 620 g/mol. The first kappa shape index (κ1) is 35.5. The molecule has 0 aromatic carbocycles. The number of hydrogen-bond donors (Lipinski definition) is 3. The Morgan fingerprint density at radius 3 is 2.60 bits per heavy atom. The van der Waals surface area contributed by atoms with Crippen molar-refractivity contribution in [3.8, 4) is 0 Å². The number of carbonyl (C=O) groups excluding carboxylic acids is 1. The Kier molecular flexibility index (Phi) is 9.90. The first-order chi connectivity index (χ1) is 22.7. The van der Waals surface area contributed by atoms with Gasteiger partial charge in [-0.2, -0.15) is 13.8 Å². The van der Waals surface area contributed by atoms with Crippen LogP contribution in [0.4, 0.5) is 19.4 Å². The van der Waals surface area contributed by atoms with Crippen molar-refractivity contribution in [3.63, 3.8) is 0 Å². The number of rotatable bonds is 9. The molecule has 4 aliphatic carbocycles. The molecule has 48 heavy (non-hydrogen) atoms. The van der Waals surface area contributed by atoms with E-state index in [4.69, 9.17) is 9.47 Å². The quantitative estimate of drug-likeness (QED) is 0.239. The monoisotopic (exact) mass is 675 g/mol. The molecule has 0 radical (unpaired) electrons. The van der Waals surface area contributed by atoms with Crippen molar-refractivity contribution in [2.45, 2.75) is 136 Å². The van der Waals surface area contributed by atoms with E-state index in [0.29, 0.717) is 28.2 Å². The third-order valence-electron chi connectivity index (χ3n) is 13.4. The van der Waals surface area contributed by atoms with Gasteiger partial charge in [0.2, 0.25) is 6.23 Å². The number of amides is 1. The Morgan fingerprint density at radius 1 is 1.15 bits per heavy atom. The molecule has 11 atom stereocenters. The number of aromatic nitrogens is 2. The number of nitrogens with zero attached hydrogens (tertiary/aromatic N) is 2. The van der Waals surface area contributed by atoms with Crippen molar-refractivity contribution in [3.05, 3.63) is 34.4 Å². The second-order valence-electron chi connectivity index (χ2n) is 16.5. The van der Waals surface area contributed by atoms with Crippen molar-refractivity contribution in [1.29, 1.82) is 0 Å². The lowest BCUT2D eigenvalue weighted by molar-refractivity contribution is -0.140. The van der Waals surface area contributed by atoms with Crippen LogP contribution in [-0.4, -0.2) is 56.7 Å². The lowest BCUT2D eigenvalue weighted by Gasteiger charge is -2.58. The number of hydrogen-bond acceptors (Lipinski definition) is 7. The van der Waals surface area contributed by atoms with Crippen LogP contribution in [0.5, 0.6) is 0 Å². The van der Waals surface area contributed by atoms with E-state index < -0.39 is 42.7 Å². The van der Waals surface area contributed by atoms with Crippen LogP contribution in [0.25, 0.3) is 0 Å². The largest absolute Gasteiger partial charge is 0.446 e. The molecule has 1 saturated heterocycles. The highest BCUT2D eigenvalue weighted by molar-refractivity contribution is 5.83. The summed E-state index contributed by atoms with van der Waals surface area (Å²) in [5.74, 6) is 0.561. The van der Waals surface area contributed by atoms with Crippen LogP contribution in [0, 0.1) is 46.3 Å². The molecule has 6 rings (SSSR count). The van der Waals surface area contributed by atoms with E-state index in [1.165, 1.54) is 56.6 Å². The molecule has 268 valence electrons. The molecule has 3 N–H and O–H groups in total. The molecule has 5 aliphatic rings. The van der Waals surface area contributed by atoms with Gasteiger partial charge >= 0.3 is 17.7 Å². The maximum Gasteiger partial charge on any atom is 0.413 e. The van der Waals surface area contributed by atoms with Gasteiger partial charge in [0.15, 0.2) is 6.10 Å². The zero-order valence-corrected chi connectivity index (χ0v) is 29.2. The van der Waals surface area contributed by atoms with E-state index in [2.05, 4.69) is 51.0 Å². The first-order valence-corrected chi connectivity index (χ1v) is 18.3. The van der Waals surface area contributed by atoms with Crippen LogP contribution in [0.15, 0.2) is 28.7 Å². The molecule has 1 aromatic heterocycles. The number of alkyl halides is 2. The molecule has 1 aromatic rings. The molecule has 11 unspecified atom stereocenters. The van der Waals surface area contributed by atoms with Gasteiger partial charge in [-0.05, 0) is 97.3 Å². The molecule has 1 aliphatic heterocycles. The number of aliphatic hydroxyl groups excluding tert-OH is 2. The average molecular weight is 676 g/mol. The second-order valence-corrected chi connectivity index (χ2v) is 16.5. The SMILES string of the molecule is CC(C)CCCC(C)C1CCC2C3CC=C4CC(OC(=O)Nc5ccn(C6OC(CO)C(O)C6(F)F)c(=O)n5)CCC4(C)C3CCC12C. The highest BCUT2D eigenvalue weighted by Crippen LogP contribution is 2.67. The van der Waals surface area contributed by atoms with E-state index in [0.717, 1.165) is 49.1 Å². The number of anilines is 1. The van der Waals surface area contributed by atoms with E-state index in [-0.39, 0.29) is 17.3 Å². The number of fused-ring (bicyclic) bond motifs is 5. The van der Waals surface area contributed by atoms with Gasteiger partial charge in [0.05, 0.1) is 6.61 Å². The minimum Gasteiger partial charge on any atom is -0.446 e. The van der Waals surface area contributed by atoms with Gasteiger partial charge in [-0.25, -0.2) is 9.59 Å². The van der Waals surface area contributed by atoms with E-state index in [9.17, 15) is 28.6 Å². The maximum atomic E-state index is 14.5. The van der Waals surface area contributed by atoms with Crippen LogP contribution in [0.2, 0.25) is 0 Å². The third kappa shape index (κ3) is 6.25. The summed E-state index contributed by atoms with van der Waals surface area (Å²) in [7, 11) is 0. The van der Waals surface area contributed by atoms with Gasteiger partial charge in [-0.3, -0.25) is 9.88 Å². The zero-order valence-electron chi connectivity index (χ0n) is 29.2. The molecule has 0 spiro atoms. The summed E-state index contributed by atoms with van der Waals surface area (Å²) in [6.07, 6.45) is 9.24. The Balaban J connectivity index is 1.06. The molecule has 2 heterocycles. The molecular formula is C37H55F2N3O6. The van der Waals surface area contributed by atoms with Crippen LogP contribution in [0.3, 0.4) is 0 Å². The highest BCUT2D eigenvalue weighted by atomic mass is 19.3. The zero-order chi connectivity index (χ0) is 34.6. The summed E-state index contributed by atoms with van der Waals surface area (Å²) in [6.45, 7) is 11.4. The first-order valence-electron chi connectivity index (χ1n) is 18.3. The Hall–Kier alpha value is -2.37. The maximum absolute atomic E-state index is 14.5. The minimum absolute atomic E-state index is 0.112. The van der Waals surface area contributed by atoms with Crippen LogP contribution < -0.4 is 11.0 Å². The van der Waals surface area contributed by atoms with Crippen molar-refractivity contribution < 1.29 is 33.3 Å². The Labute approximate surface area is 282 Å². The number of aliphatic hydroxyl groups is 2. The normalized spacial score (nSPS) is 39.2. The lowest BCUT2D eigenvalue weighted by atomic mass is 9.47. The average Bonchev–Trinajstić information content (AvgIpc) is 3.49. The molecule has 0 bridgehead atoms. The van der Waals surface area contributed by atoms with Crippen molar-refractivity contribution >= 4 is 11.9 Å². The Bertz CT molecular complexity index is 1430. The topological polar surface area (TPSA) is 123 Å². The van der Waals surface area contributed by atoms with Crippen molar-refractivity contribution in [2.75, 3.05) is 11.9 Å². The third-order valence-corrected chi connectivity index (χ3v) is 13.4. The van der Waals surface area contributed by atoms with Crippen LogP contribution in [0.1, 0.15) is 111 Å². The standard InChI is InChI=1S/C37H55F2N3O6/c1-21(2)7-6-8-22(3)26-11-12-27-25-10-9-23-19-24(13-16-35(23,4)28(25)14-17-36(26,27)5)47-34(46)41-30-15-18-42(33(45)40-30)32-37(38,39)31(44)29(20-43)48-32/h9,15,18,21-22,24-29,31-32,43-44H,6-8,10-14,16-17,19-20H2,1-5H3,(H,40,41,45,46). The fourth-order valence-corrected chi connectivity index (χ4v) is 10.8. The summed E-state index contributed by atoms with van der Waals surface area (Å²) < 4.78 is 40.4. The van der Waals surface area contributed by atoms with Gasteiger partial charge in [0.25, 0.3) is 0 Å². The summed E-state index contributed by atoms with van der Waals surface area (Å²) in [4.78, 5) is 29.2. The summed E-state index contributed by atoms with van der Waals surface area (Å²) in [5.41, 5.74) is 0.841. The summed E-state index contributed by atoms with van der Waals surface area (Å²) >= 11 is 0. The lowest BCUT2D eigenvalue weighted by Crippen LogP contribution is -2.51. The van der Waals surface area contributed by atoms with Crippen LogP contribution >= 0.6 is 0 Å². The molecule has 4 fully saturated rings. The molecule has 11 heteroatoms. The summed E-state index contributed by atoms with van der Waals surface area (Å²) in [5, 5.41) is 21.5. The number of ether oxygens (including phenoxy) is 2. The number of allylic oxidation sites excluding steroid dienone is 1.